The van der Waals surface area contributed by atoms with Gasteiger partial charge < -0.3 is 15.7 Å². The number of guanidine groups is 1. The normalized spacial score (nSPS) is 16.2. The maximum atomic E-state index is 9.61. The Morgan fingerprint density at radius 3 is 2.32 bits per heavy atom. The molecule has 150 valence electrons. The first kappa shape index (κ1) is 20.6. The third-order valence-electron chi connectivity index (χ3n) is 5.02. The Bertz CT molecular complexity index is 770. The van der Waals surface area contributed by atoms with E-state index in [4.69, 9.17) is 11.6 Å². The van der Waals surface area contributed by atoms with E-state index in [1.807, 2.05) is 24.3 Å². The number of halogens is 1. The maximum Gasteiger partial charge on any atom is 0.191 e. The molecule has 0 amide bonds. The number of aliphatic hydroxyl groups is 1. The highest BCUT2D eigenvalue weighted by atomic mass is 35.5. The van der Waals surface area contributed by atoms with Crippen molar-refractivity contribution in [3.05, 3.63) is 70.2 Å². The third-order valence-corrected chi connectivity index (χ3v) is 5.25. The second kappa shape index (κ2) is 10.5. The maximum absolute atomic E-state index is 9.61. The molecule has 0 aliphatic carbocycles. The first-order valence-corrected chi connectivity index (χ1v) is 10.2. The van der Waals surface area contributed by atoms with Gasteiger partial charge in [-0.1, -0.05) is 48.0 Å². The lowest BCUT2D eigenvalue weighted by atomic mass is 10.1. The monoisotopic (exact) mass is 400 g/mol. The van der Waals surface area contributed by atoms with E-state index in [1.54, 1.807) is 7.05 Å². The number of rotatable bonds is 6. The Morgan fingerprint density at radius 2 is 1.68 bits per heavy atom. The highest BCUT2D eigenvalue weighted by Gasteiger charge is 2.16. The van der Waals surface area contributed by atoms with Crippen molar-refractivity contribution in [2.45, 2.75) is 38.6 Å². The van der Waals surface area contributed by atoms with E-state index in [0.717, 1.165) is 49.0 Å². The summed E-state index contributed by atoms with van der Waals surface area (Å²) in [5, 5.41) is 17.0. The van der Waals surface area contributed by atoms with Gasteiger partial charge in [0.15, 0.2) is 5.96 Å². The number of hydrogen-bond donors (Lipinski definition) is 3. The van der Waals surface area contributed by atoms with Crippen LogP contribution in [-0.4, -0.2) is 42.2 Å². The topological polar surface area (TPSA) is 59.9 Å². The van der Waals surface area contributed by atoms with Crippen LogP contribution in [0.15, 0.2) is 53.5 Å². The number of likely N-dealkylation sites (tertiary alicyclic amines) is 1. The lowest BCUT2D eigenvalue weighted by molar-refractivity contribution is 0.0792. The first-order chi connectivity index (χ1) is 13.6. The van der Waals surface area contributed by atoms with Crippen molar-refractivity contribution in [2.75, 3.05) is 20.1 Å². The van der Waals surface area contributed by atoms with Gasteiger partial charge in [-0.2, -0.15) is 0 Å². The van der Waals surface area contributed by atoms with E-state index in [2.05, 4.69) is 44.8 Å². The van der Waals surface area contributed by atoms with Gasteiger partial charge in [0.25, 0.3) is 0 Å². The molecule has 28 heavy (non-hydrogen) atoms. The molecule has 0 bridgehead atoms. The summed E-state index contributed by atoms with van der Waals surface area (Å²) < 4.78 is 0. The summed E-state index contributed by atoms with van der Waals surface area (Å²) in [6.45, 7) is 4.27. The zero-order valence-corrected chi connectivity index (χ0v) is 17.1. The molecule has 1 aliphatic heterocycles. The number of piperidine rings is 1. The van der Waals surface area contributed by atoms with Gasteiger partial charge in [-0.3, -0.25) is 9.89 Å². The molecule has 5 nitrogen and oxygen atoms in total. The molecule has 1 aliphatic rings. The van der Waals surface area contributed by atoms with Crippen LogP contribution < -0.4 is 10.6 Å². The highest BCUT2D eigenvalue weighted by molar-refractivity contribution is 6.30. The van der Waals surface area contributed by atoms with Crippen molar-refractivity contribution in [2.24, 2.45) is 4.99 Å². The van der Waals surface area contributed by atoms with Crippen LogP contribution in [0.25, 0.3) is 0 Å². The highest BCUT2D eigenvalue weighted by Crippen LogP contribution is 2.14. The van der Waals surface area contributed by atoms with Gasteiger partial charge >= 0.3 is 0 Å². The molecule has 6 heteroatoms. The van der Waals surface area contributed by atoms with Gasteiger partial charge in [0.05, 0.1) is 6.10 Å². The van der Waals surface area contributed by atoms with Crippen LogP contribution in [0.2, 0.25) is 5.02 Å². The summed E-state index contributed by atoms with van der Waals surface area (Å²) in [6.07, 6.45) is 1.64. The van der Waals surface area contributed by atoms with Crippen molar-refractivity contribution in [3.8, 4) is 0 Å². The van der Waals surface area contributed by atoms with Crippen LogP contribution in [0.1, 0.15) is 29.5 Å². The van der Waals surface area contributed by atoms with E-state index in [1.165, 1.54) is 11.1 Å². The molecule has 0 saturated carbocycles. The van der Waals surface area contributed by atoms with Crippen LogP contribution in [0.3, 0.4) is 0 Å². The Hall–Kier alpha value is -2.08. The number of nitrogens with one attached hydrogen (secondary N) is 2. The van der Waals surface area contributed by atoms with Crippen LogP contribution in [0, 0.1) is 0 Å². The van der Waals surface area contributed by atoms with Crippen molar-refractivity contribution in [1.82, 2.24) is 15.5 Å². The van der Waals surface area contributed by atoms with Crippen molar-refractivity contribution >= 4 is 17.6 Å². The lowest BCUT2D eigenvalue weighted by Crippen LogP contribution is -2.36. The molecule has 0 atom stereocenters. The Morgan fingerprint density at radius 1 is 1.04 bits per heavy atom. The Balaban J connectivity index is 1.44. The average molecular weight is 401 g/mol. The quantitative estimate of drug-likeness (QED) is 0.515. The van der Waals surface area contributed by atoms with Gasteiger partial charge in [0.2, 0.25) is 0 Å². The van der Waals surface area contributed by atoms with E-state index >= 15 is 0 Å². The fraction of sp³-hybridized carbons (Fsp3) is 0.409. The second-order valence-corrected chi connectivity index (χ2v) is 7.67. The third kappa shape index (κ3) is 6.51. The summed E-state index contributed by atoms with van der Waals surface area (Å²) in [4.78, 5) is 6.68. The second-order valence-electron chi connectivity index (χ2n) is 7.23. The number of aliphatic imine (C=N–C) groups is 1. The number of nitrogens with zero attached hydrogens (tertiary/aromatic N) is 2. The molecule has 0 radical (unpaired) electrons. The standard InChI is InChI=1S/C22H29ClN4O/c1-24-22(26-15-19-3-2-4-20(23)13-19)25-14-17-5-7-18(8-6-17)16-27-11-9-21(28)10-12-27/h2-8,13,21,28H,9-12,14-16H2,1H3,(H2,24,25,26). The summed E-state index contributed by atoms with van der Waals surface area (Å²) in [7, 11) is 1.77. The molecule has 0 aromatic heterocycles. The Kier molecular flexibility index (Phi) is 7.71. The molecule has 3 N–H and O–H groups in total. The fourth-order valence-electron chi connectivity index (χ4n) is 3.34. The Labute approximate surface area is 172 Å². The molecule has 1 fully saturated rings. The van der Waals surface area contributed by atoms with Crippen LogP contribution in [-0.2, 0) is 19.6 Å². The van der Waals surface area contributed by atoms with Crippen LogP contribution >= 0.6 is 11.6 Å². The number of aliphatic hydroxyl groups excluding tert-OH is 1. The van der Waals surface area contributed by atoms with Crippen molar-refractivity contribution in [3.63, 3.8) is 0 Å². The molecule has 2 aromatic rings. The molecular formula is C22H29ClN4O. The van der Waals surface area contributed by atoms with E-state index in [0.29, 0.717) is 13.1 Å². The molecule has 1 heterocycles. The smallest absolute Gasteiger partial charge is 0.191 e. The first-order valence-electron chi connectivity index (χ1n) is 9.79. The number of benzene rings is 2. The average Bonchev–Trinajstić information content (AvgIpc) is 2.71. The summed E-state index contributed by atoms with van der Waals surface area (Å²) in [5.74, 6) is 0.760. The van der Waals surface area contributed by atoms with Crippen molar-refractivity contribution in [1.29, 1.82) is 0 Å². The van der Waals surface area contributed by atoms with Gasteiger partial charge in [-0.15, -0.1) is 0 Å². The SMILES string of the molecule is CN=C(NCc1ccc(CN2CCC(O)CC2)cc1)NCc1cccc(Cl)c1. The zero-order valence-electron chi connectivity index (χ0n) is 16.4. The number of hydrogen-bond acceptors (Lipinski definition) is 3. The molecule has 0 unspecified atom stereocenters. The minimum absolute atomic E-state index is 0.119. The lowest BCUT2D eigenvalue weighted by Gasteiger charge is -2.29. The van der Waals surface area contributed by atoms with E-state index < -0.39 is 0 Å². The van der Waals surface area contributed by atoms with Gasteiger partial charge in [0.1, 0.15) is 0 Å². The molecule has 2 aromatic carbocycles. The predicted octanol–water partition coefficient (Wildman–Crippen LogP) is 3.16. The molecule has 0 spiro atoms. The summed E-state index contributed by atoms with van der Waals surface area (Å²) in [6, 6.07) is 16.5. The van der Waals surface area contributed by atoms with Gasteiger partial charge in [-0.05, 0) is 41.7 Å². The molecular weight excluding hydrogens is 372 g/mol. The summed E-state index contributed by atoms with van der Waals surface area (Å²) in [5.41, 5.74) is 3.64. The minimum atomic E-state index is -0.119. The van der Waals surface area contributed by atoms with E-state index in [-0.39, 0.29) is 6.10 Å². The van der Waals surface area contributed by atoms with E-state index in [9.17, 15) is 5.11 Å². The minimum Gasteiger partial charge on any atom is -0.393 e. The largest absolute Gasteiger partial charge is 0.393 e. The van der Waals surface area contributed by atoms with Crippen LogP contribution in [0.4, 0.5) is 0 Å². The predicted molar refractivity (Wildman–Crippen MR) is 115 cm³/mol. The zero-order chi connectivity index (χ0) is 19.8. The molecule has 3 rings (SSSR count). The van der Waals surface area contributed by atoms with Gasteiger partial charge in [0, 0.05) is 44.8 Å². The molecule has 1 saturated heterocycles. The van der Waals surface area contributed by atoms with Crippen molar-refractivity contribution < 1.29 is 5.11 Å². The fourth-order valence-corrected chi connectivity index (χ4v) is 3.55. The van der Waals surface area contributed by atoms with Crippen LogP contribution in [0.5, 0.6) is 0 Å². The van der Waals surface area contributed by atoms with Gasteiger partial charge in [-0.25, -0.2) is 0 Å². The summed E-state index contributed by atoms with van der Waals surface area (Å²) >= 11 is 6.03.